The topological polar surface area (TPSA) is 56.7 Å². The van der Waals surface area contributed by atoms with E-state index in [0.29, 0.717) is 19.5 Å². The summed E-state index contributed by atoms with van der Waals surface area (Å²) in [4.78, 5) is 19.4. The van der Waals surface area contributed by atoms with Crippen molar-refractivity contribution in [3.05, 3.63) is 30.1 Å². The molecule has 20 heavy (non-hydrogen) atoms. The molecule has 1 aromatic rings. The number of hydrogen-bond acceptors (Lipinski definition) is 4. The van der Waals surface area contributed by atoms with E-state index in [-0.39, 0.29) is 11.9 Å². The minimum absolute atomic E-state index is 0.161. The van der Waals surface area contributed by atoms with Crippen LogP contribution < -0.4 is 0 Å². The van der Waals surface area contributed by atoms with Crippen LogP contribution in [0.15, 0.2) is 24.5 Å². The molecule has 0 bridgehead atoms. The van der Waals surface area contributed by atoms with Gasteiger partial charge < -0.3 is 10.0 Å². The van der Waals surface area contributed by atoms with E-state index in [9.17, 15) is 9.90 Å². The zero-order valence-electron chi connectivity index (χ0n) is 12.2. The molecule has 1 amide bonds. The summed E-state index contributed by atoms with van der Waals surface area (Å²) in [5, 5.41) is 10.1. The summed E-state index contributed by atoms with van der Waals surface area (Å²) < 4.78 is 0. The van der Waals surface area contributed by atoms with Crippen LogP contribution in [-0.2, 0) is 4.79 Å². The number of β-amino-alcohol motifs (C(OH)–C–C–N with tert-alkyl or cyclic N) is 1. The molecular weight excluding hydrogens is 254 g/mol. The summed E-state index contributed by atoms with van der Waals surface area (Å²) in [6.45, 7) is 3.86. The van der Waals surface area contributed by atoms with E-state index in [4.69, 9.17) is 0 Å². The third-order valence-corrected chi connectivity index (χ3v) is 3.95. The smallest absolute Gasteiger partial charge is 0.222 e. The Morgan fingerprint density at radius 3 is 2.75 bits per heavy atom. The van der Waals surface area contributed by atoms with Crippen molar-refractivity contribution in [3.63, 3.8) is 0 Å². The van der Waals surface area contributed by atoms with E-state index in [1.54, 1.807) is 17.3 Å². The van der Waals surface area contributed by atoms with Crippen LogP contribution in [0, 0.1) is 0 Å². The molecule has 1 N–H and O–H groups in total. The lowest BCUT2D eigenvalue weighted by Gasteiger charge is -2.29. The molecule has 2 unspecified atom stereocenters. The van der Waals surface area contributed by atoms with Gasteiger partial charge in [-0.25, -0.2) is 0 Å². The van der Waals surface area contributed by atoms with Crippen molar-refractivity contribution >= 4 is 5.91 Å². The van der Waals surface area contributed by atoms with Crippen LogP contribution in [0.5, 0.6) is 0 Å². The third-order valence-electron chi connectivity index (χ3n) is 3.95. The van der Waals surface area contributed by atoms with Crippen LogP contribution in [0.25, 0.3) is 0 Å². The van der Waals surface area contributed by atoms with Gasteiger partial charge in [0.25, 0.3) is 0 Å². The quantitative estimate of drug-likeness (QED) is 0.844. The largest absolute Gasteiger partial charge is 0.390 e. The lowest BCUT2D eigenvalue weighted by molar-refractivity contribution is -0.129. The third kappa shape index (κ3) is 3.77. The molecule has 2 heterocycles. The lowest BCUT2D eigenvalue weighted by Crippen LogP contribution is -2.40. The summed E-state index contributed by atoms with van der Waals surface area (Å²) in [6, 6.07) is 4.18. The Bertz CT molecular complexity index is 438. The first-order valence-electron chi connectivity index (χ1n) is 7.14. The predicted molar refractivity (Wildman–Crippen MR) is 77.1 cm³/mol. The molecule has 2 atom stereocenters. The Labute approximate surface area is 120 Å². The molecule has 5 heteroatoms. The number of rotatable bonds is 6. The highest BCUT2D eigenvalue weighted by molar-refractivity contribution is 5.78. The first-order valence-corrected chi connectivity index (χ1v) is 7.14. The van der Waals surface area contributed by atoms with Crippen LogP contribution in [0.4, 0.5) is 0 Å². The second-order valence-electron chi connectivity index (χ2n) is 5.49. The zero-order chi connectivity index (χ0) is 14.5. The van der Waals surface area contributed by atoms with Gasteiger partial charge in [-0.2, -0.15) is 0 Å². The number of aliphatic hydroxyl groups excluding tert-OH is 1. The molecule has 0 radical (unpaired) electrons. The van der Waals surface area contributed by atoms with Crippen molar-refractivity contribution in [1.29, 1.82) is 0 Å². The van der Waals surface area contributed by atoms with E-state index >= 15 is 0 Å². The standard InChI is InChI=1S/C15H23N3O2/c1-12(13-5-7-16-8-6-13)17(2)10-14(19)11-18-9-3-4-15(18)20/h5-8,12,14,19H,3-4,9-11H2,1-2H3. The molecule has 110 valence electrons. The maximum Gasteiger partial charge on any atom is 0.222 e. The van der Waals surface area contributed by atoms with E-state index < -0.39 is 6.10 Å². The molecule has 0 saturated carbocycles. The number of hydrogen-bond donors (Lipinski definition) is 1. The van der Waals surface area contributed by atoms with Gasteiger partial charge in [0.2, 0.25) is 5.91 Å². The maximum absolute atomic E-state index is 11.5. The van der Waals surface area contributed by atoms with E-state index in [2.05, 4.69) is 16.8 Å². The van der Waals surface area contributed by atoms with Gasteiger partial charge in [-0.15, -0.1) is 0 Å². The van der Waals surface area contributed by atoms with Crippen LogP contribution in [0.1, 0.15) is 31.4 Å². The van der Waals surface area contributed by atoms with Crippen molar-refractivity contribution in [3.8, 4) is 0 Å². The van der Waals surface area contributed by atoms with Crippen molar-refractivity contribution in [2.24, 2.45) is 0 Å². The van der Waals surface area contributed by atoms with E-state index in [0.717, 1.165) is 13.0 Å². The zero-order valence-corrected chi connectivity index (χ0v) is 12.2. The Morgan fingerprint density at radius 2 is 2.15 bits per heavy atom. The lowest BCUT2D eigenvalue weighted by atomic mass is 10.1. The summed E-state index contributed by atoms with van der Waals surface area (Å²) in [5.41, 5.74) is 1.17. The second-order valence-corrected chi connectivity index (χ2v) is 5.49. The van der Waals surface area contributed by atoms with Gasteiger partial charge in [-0.1, -0.05) is 0 Å². The molecule has 5 nitrogen and oxygen atoms in total. The van der Waals surface area contributed by atoms with Gasteiger partial charge in [0, 0.05) is 44.5 Å². The molecule has 0 aliphatic carbocycles. The first-order chi connectivity index (χ1) is 9.58. The molecule has 1 fully saturated rings. The molecular formula is C15H23N3O2. The second kappa shape index (κ2) is 6.81. The monoisotopic (exact) mass is 277 g/mol. The summed E-state index contributed by atoms with van der Waals surface area (Å²) in [7, 11) is 1.99. The first kappa shape index (κ1) is 14.9. The number of pyridine rings is 1. The predicted octanol–water partition coefficient (Wildman–Crippen LogP) is 1.06. The molecule has 2 rings (SSSR count). The maximum atomic E-state index is 11.5. The SMILES string of the molecule is CC(c1ccncc1)N(C)CC(O)CN1CCCC1=O. The molecule has 0 aromatic carbocycles. The fraction of sp³-hybridized carbons (Fsp3) is 0.600. The average molecular weight is 277 g/mol. The average Bonchev–Trinajstić information content (AvgIpc) is 2.84. The number of likely N-dealkylation sites (tertiary alicyclic amines) is 1. The highest BCUT2D eigenvalue weighted by Gasteiger charge is 2.24. The summed E-state index contributed by atoms with van der Waals surface area (Å²) in [5.74, 6) is 0.161. The fourth-order valence-corrected chi connectivity index (χ4v) is 2.60. The Hall–Kier alpha value is -1.46. The highest BCUT2D eigenvalue weighted by Crippen LogP contribution is 2.18. The van der Waals surface area contributed by atoms with Crippen LogP contribution in [0.2, 0.25) is 0 Å². The Morgan fingerprint density at radius 1 is 1.45 bits per heavy atom. The molecule has 1 aliphatic rings. The Balaban J connectivity index is 1.84. The number of carbonyl (C=O) groups excluding carboxylic acids is 1. The Kier molecular flexibility index (Phi) is 5.09. The number of carbonyl (C=O) groups is 1. The van der Waals surface area contributed by atoms with Crippen LogP contribution in [-0.4, -0.2) is 58.6 Å². The number of likely N-dealkylation sites (N-methyl/N-ethyl adjacent to an activating group) is 1. The van der Waals surface area contributed by atoms with Crippen LogP contribution in [0.3, 0.4) is 0 Å². The van der Waals surface area contributed by atoms with Gasteiger partial charge in [-0.05, 0) is 38.1 Å². The van der Waals surface area contributed by atoms with Crippen molar-refractivity contribution in [2.45, 2.75) is 31.9 Å². The summed E-state index contributed by atoms with van der Waals surface area (Å²) >= 11 is 0. The number of nitrogens with zero attached hydrogens (tertiary/aromatic N) is 3. The molecule has 1 saturated heterocycles. The van der Waals surface area contributed by atoms with Gasteiger partial charge in [-0.3, -0.25) is 14.7 Å². The van der Waals surface area contributed by atoms with Gasteiger partial charge in [0.05, 0.1) is 6.10 Å². The molecule has 1 aromatic heterocycles. The van der Waals surface area contributed by atoms with E-state index in [1.165, 1.54) is 5.56 Å². The minimum atomic E-state index is -0.508. The van der Waals surface area contributed by atoms with Gasteiger partial charge in [0.15, 0.2) is 0 Å². The normalized spacial score (nSPS) is 18.6. The highest BCUT2D eigenvalue weighted by atomic mass is 16.3. The van der Waals surface area contributed by atoms with Gasteiger partial charge in [0.1, 0.15) is 0 Å². The van der Waals surface area contributed by atoms with Crippen LogP contribution >= 0.6 is 0 Å². The minimum Gasteiger partial charge on any atom is -0.390 e. The fourth-order valence-electron chi connectivity index (χ4n) is 2.60. The van der Waals surface area contributed by atoms with Crippen molar-refractivity contribution < 1.29 is 9.90 Å². The number of aromatic nitrogens is 1. The van der Waals surface area contributed by atoms with Gasteiger partial charge >= 0.3 is 0 Å². The van der Waals surface area contributed by atoms with E-state index in [1.807, 2.05) is 19.2 Å². The van der Waals surface area contributed by atoms with Crippen molar-refractivity contribution in [2.75, 3.05) is 26.7 Å². The number of amides is 1. The summed E-state index contributed by atoms with van der Waals surface area (Å²) in [6.07, 6.45) is 4.58. The van der Waals surface area contributed by atoms with Crippen molar-refractivity contribution in [1.82, 2.24) is 14.8 Å². The molecule has 0 spiro atoms. The number of aliphatic hydroxyl groups is 1. The molecule has 1 aliphatic heterocycles.